The quantitative estimate of drug-likeness (QED) is 0.630. The fraction of sp³-hybridized carbons (Fsp3) is 0.133. The predicted molar refractivity (Wildman–Crippen MR) is 77.6 cm³/mol. The largest absolute Gasteiger partial charge is 0.487 e. The predicted octanol–water partition coefficient (Wildman–Crippen LogP) is 4.04. The Hall–Kier alpha value is -1.76. The number of ether oxygens (including phenoxy) is 1. The van der Waals surface area contributed by atoms with Crippen molar-refractivity contribution in [2.45, 2.75) is 6.61 Å². The molecular weight excluding hydrogens is 300 g/mol. The SMILES string of the molecule is Fc1cccc(COc2cncc(C#CCCl)c2)c1Cl. The van der Waals surface area contributed by atoms with E-state index >= 15 is 0 Å². The molecule has 0 atom stereocenters. The Kier molecular flexibility index (Phi) is 5.23. The fourth-order valence-electron chi connectivity index (χ4n) is 1.52. The topological polar surface area (TPSA) is 22.1 Å². The summed E-state index contributed by atoms with van der Waals surface area (Å²) in [7, 11) is 0. The number of hydrogen-bond acceptors (Lipinski definition) is 2. The Morgan fingerprint density at radius 1 is 1.30 bits per heavy atom. The number of hydrogen-bond donors (Lipinski definition) is 0. The second-order valence-electron chi connectivity index (χ2n) is 3.85. The molecule has 1 aromatic heterocycles. The van der Waals surface area contributed by atoms with Gasteiger partial charge in [-0.25, -0.2) is 4.39 Å². The van der Waals surface area contributed by atoms with Gasteiger partial charge in [0, 0.05) is 17.3 Å². The highest BCUT2D eigenvalue weighted by atomic mass is 35.5. The molecule has 0 aliphatic rings. The molecule has 2 aromatic rings. The van der Waals surface area contributed by atoms with Crippen LogP contribution in [0.3, 0.4) is 0 Å². The van der Waals surface area contributed by atoms with Crippen LogP contribution in [0.25, 0.3) is 0 Å². The number of alkyl halides is 1. The van der Waals surface area contributed by atoms with Gasteiger partial charge in [0.05, 0.1) is 17.1 Å². The van der Waals surface area contributed by atoms with E-state index in [4.69, 9.17) is 27.9 Å². The standard InChI is InChI=1S/C15H10Cl2FNO/c16-6-2-3-11-7-13(9-19-8-11)20-10-12-4-1-5-14(18)15(12)17/h1,4-5,7-9H,6,10H2. The van der Waals surface area contributed by atoms with Crippen LogP contribution in [0.4, 0.5) is 4.39 Å². The van der Waals surface area contributed by atoms with Gasteiger partial charge in [-0.05, 0) is 12.1 Å². The van der Waals surface area contributed by atoms with Gasteiger partial charge in [-0.15, -0.1) is 11.6 Å². The van der Waals surface area contributed by atoms with E-state index in [0.717, 1.165) is 0 Å². The molecule has 5 heteroatoms. The van der Waals surface area contributed by atoms with Crippen LogP contribution >= 0.6 is 23.2 Å². The molecule has 0 amide bonds. The molecule has 102 valence electrons. The summed E-state index contributed by atoms with van der Waals surface area (Å²) in [6, 6.07) is 6.33. The summed E-state index contributed by atoms with van der Waals surface area (Å²) in [5.41, 5.74) is 1.28. The highest BCUT2D eigenvalue weighted by Gasteiger charge is 2.06. The lowest BCUT2D eigenvalue weighted by Crippen LogP contribution is -1.98. The first-order valence-corrected chi connectivity index (χ1v) is 6.67. The summed E-state index contributed by atoms with van der Waals surface area (Å²) in [5, 5.41) is 0.0681. The van der Waals surface area contributed by atoms with Gasteiger partial charge in [0.15, 0.2) is 0 Å². The van der Waals surface area contributed by atoms with Crippen molar-refractivity contribution in [1.82, 2.24) is 4.98 Å². The van der Waals surface area contributed by atoms with Crippen LogP contribution in [0, 0.1) is 17.7 Å². The zero-order valence-corrected chi connectivity index (χ0v) is 11.9. The minimum absolute atomic E-state index is 0.0681. The lowest BCUT2D eigenvalue weighted by Gasteiger charge is -2.08. The number of aromatic nitrogens is 1. The molecule has 20 heavy (non-hydrogen) atoms. The molecule has 0 fully saturated rings. The highest BCUT2D eigenvalue weighted by Crippen LogP contribution is 2.21. The van der Waals surface area contributed by atoms with Gasteiger partial charge >= 0.3 is 0 Å². The summed E-state index contributed by atoms with van der Waals surface area (Å²) in [6.45, 7) is 0.157. The van der Waals surface area contributed by atoms with Crippen molar-refractivity contribution in [2.24, 2.45) is 0 Å². The Bertz CT molecular complexity index is 664. The van der Waals surface area contributed by atoms with Crippen molar-refractivity contribution in [3.63, 3.8) is 0 Å². The first-order chi connectivity index (χ1) is 9.70. The minimum Gasteiger partial charge on any atom is -0.487 e. The van der Waals surface area contributed by atoms with Gasteiger partial charge in [0.25, 0.3) is 0 Å². The third kappa shape index (κ3) is 3.86. The molecule has 0 N–H and O–H groups in total. The third-order valence-corrected chi connectivity index (χ3v) is 3.00. The molecule has 2 nitrogen and oxygen atoms in total. The van der Waals surface area contributed by atoms with Gasteiger partial charge in [0.2, 0.25) is 0 Å². The van der Waals surface area contributed by atoms with E-state index in [1.165, 1.54) is 6.07 Å². The summed E-state index contributed by atoms with van der Waals surface area (Å²) < 4.78 is 18.8. The normalized spacial score (nSPS) is 9.75. The second-order valence-corrected chi connectivity index (χ2v) is 4.49. The average molecular weight is 310 g/mol. The molecule has 0 spiro atoms. The maximum Gasteiger partial charge on any atom is 0.142 e. The zero-order chi connectivity index (χ0) is 14.4. The van der Waals surface area contributed by atoms with E-state index < -0.39 is 5.82 Å². The number of pyridine rings is 1. The van der Waals surface area contributed by atoms with Crippen molar-refractivity contribution >= 4 is 23.2 Å². The Labute approximate surface area is 126 Å². The van der Waals surface area contributed by atoms with Gasteiger partial charge in [-0.1, -0.05) is 35.6 Å². The Morgan fingerprint density at radius 2 is 2.15 bits per heavy atom. The molecule has 0 aliphatic carbocycles. The van der Waals surface area contributed by atoms with Gasteiger partial charge in [-0.3, -0.25) is 4.98 Å². The maximum absolute atomic E-state index is 13.3. The van der Waals surface area contributed by atoms with Gasteiger partial charge < -0.3 is 4.74 Å². The van der Waals surface area contributed by atoms with Crippen LogP contribution in [0.5, 0.6) is 5.75 Å². The molecule has 0 unspecified atom stereocenters. The molecule has 0 radical (unpaired) electrons. The Balaban J connectivity index is 2.09. The number of halogens is 3. The molecular formula is C15H10Cl2FNO. The fourth-order valence-corrected chi connectivity index (χ4v) is 1.77. The molecule has 0 bridgehead atoms. The molecule has 0 aliphatic heterocycles. The molecule has 0 saturated heterocycles. The lowest BCUT2D eigenvalue weighted by atomic mass is 10.2. The Morgan fingerprint density at radius 3 is 2.95 bits per heavy atom. The van der Waals surface area contributed by atoms with Crippen LogP contribution in [0.1, 0.15) is 11.1 Å². The van der Waals surface area contributed by atoms with E-state index in [9.17, 15) is 4.39 Å². The van der Waals surface area contributed by atoms with Crippen molar-refractivity contribution < 1.29 is 9.13 Å². The first-order valence-electron chi connectivity index (χ1n) is 5.76. The van der Waals surface area contributed by atoms with Crippen LogP contribution in [0.2, 0.25) is 5.02 Å². The summed E-state index contributed by atoms with van der Waals surface area (Å²) >= 11 is 11.3. The lowest BCUT2D eigenvalue weighted by molar-refractivity contribution is 0.304. The summed E-state index contributed by atoms with van der Waals surface area (Å²) in [6.07, 6.45) is 3.17. The van der Waals surface area contributed by atoms with Crippen molar-refractivity contribution in [1.29, 1.82) is 0 Å². The molecule has 1 aromatic carbocycles. The summed E-state index contributed by atoms with van der Waals surface area (Å²) in [5.74, 6) is 5.90. The molecule has 1 heterocycles. The van der Waals surface area contributed by atoms with Gasteiger partial charge in [0.1, 0.15) is 18.2 Å². The van der Waals surface area contributed by atoms with E-state index in [1.54, 1.807) is 30.6 Å². The van der Waals surface area contributed by atoms with Crippen molar-refractivity contribution in [2.75, 3.05) is 5.88 Å². The summed E-state index contributed by atoms with van der Waals surface area (Å²) in [4.78, 5) is 4.01. The highest BCUT2D eigenvalue weighted by molar-refractivity contribution is 6.31. The number of rotatable bonds is 3. The van der Waals surface area contributed by atoms with Crippen LogP contribution in [-0.2, 0) is 6.61 Å². The van der Waals surface area contributed by atoms with Crippen molar-refractivity contribution in [3.8, 4) is 17.6 Å². The van der Waals surface area contributed by atoms with Gasteiger partial charge in [-0.2, -0.15) is 0 Å². The third-order valence-electron chi connectivity index (χ3n) is 2.44. The molecule has 2 rings (SSSR count). The number of benzene rings is 1. The average Bonchev–Trinajstić information content (AvgIpc) is 2.47. The number of nitrogens with zero attached hydrogens (tertiary/aromatic N) is 1. The van der Waals surface area contributed by atoms with Crippen molar-refractivity contribution in [3.05, 3.63) is 58.6 Å². The molecule has 0 saturated carbocycles. The maximum atomic E-state index is 13.3. The second kappa shape index (κ2) is 7.14. The smallest absolute Gasteiger partial charge is 0.142 e. The first kappa shape index (κ1) is 14.6. The van der Waals surface area contributed by atoms with E-state index in [-0.39, 0.29) is 17.5 Å². The van der Waals surface area contributed by atoms with E-state index in [2.05, 4.69) is 16.8 Å². The van der Waals surface area contributed by atoms with Crippen LogP contribution in [-0.4, -0.2) is 10.9 Å². The van der Waals surface area contributed by atoms with E-state index in [1.807, 2.05) is 0 Å². The monoisotopic (exact) mass is 309 g/mol. The van der Waals surface area contributed by atoms with Crippen LogP contribution < -0.4 is 4.74 Å². The minimum atomic E-state index is -0.465. The zero-order valence-electron chi connectivity index (χ0n) is 10.4. The van der Waals surface area contributed by atoms with Crippen LogP contribution in [0.15, 0.2) is 36.7 Å². The van der Waals surface area contributed by atoms with E-state index in [0.29, 0.717) is 16.9 Å².